The predicted molar refractivity (Wildman–Crippen MR) is 177 cm³/mol. The van der Waals surface area contributed by atoms with Gasteiger partial charge in [0.05, 0.1) is 24.5 Å². The Bertz CT molecular complexity index is 1270. The van der Waals surface area contributed by atoms with E-state index in [4.69, 9.17) is 14.2 Å². The van der Waals surface area contributed by atoms with Crippen molar-refractivity contribution in [2.75, 3.05) is 13.2 Å². The first-order valence-electron chi connectivity index (χ1n) is 16.3. The molecule has 0 radical (unpaired) electrons. The lowest BCUT2D eigenvalue weighted by Gasteiger charge is -2.08. The molecule has 0 saturated carbocycles. The molecule has 6 nitrogen and oxygen atoms in total. The number of aryl methyl sites for hydroxylation is 1. The lowest BCUT2D eigenvalue weighted by atomic mass is 10.1. The lowest BCUT2D eigenvalue weighted by Crippen LogP contribution is -2.08. The molecule has 0 saturated heterocycles. The molecule has 0 aliphatic heterocycles. The van der Waals surface area contributed by atoms with Gasteiger partial charge in [-0.05, 0) is 92.8 Å². The summed E-state index contributed by atoms with van der Waals surface area (Å²) >= 11 is 0. The number of hydrogen-bond donors (Lipinski definition) is 0. The van der Waals surface area contributed by atoms with E-state index in [0.717, 1.165) is 55.5 Å². The quantitative estimate of drug-likeness (QED) is 0.0525. The van der Waals surface area contributed by atoms with Gasteiger partial charge in [0.15, 0.2) is 0 Å². The first-order chi connectivity index (χ1) is 21.5. The Morgan fingerprint density at radius 2 is 1.32 bits per heavy atom. The second-order valence-electron chi connectivity index (χ2n) is 11.4. The van der Waals surface area contributed by atoms with E-state index in [1.807, 2.05) is 30.5 Å². The van der Waals surface area contributed by atoms with Gasteiger partial charge in [0, 0.05) is 17.3 Å². The summed E-state index contributed by atoms with van der Waals surface area (Å²) in [6, 6.07) is 18.8. The van der Waals surface area contributed by atoms with E-state index in [0.29, 0.717) is 30.1 Å². The van der Waals surface area contributed by atoms with Gasteiger partial charge in [-0.2, -0.15) is 0 Å². The number of hydrogen-bond acceptors (Lipinski definition) is 6. The predicted octanol–water partition coefficient (Wildman–Crippen LogP) is 9.71. The Kier molecular flexibility index (Phi) is 15.8. The fraction of sp³-hybridized carbons (Fsp3) is 0.447. The summed E-state index contributed by atoms with van der Waals surface area (Å²) in [4.78, 5) is 28.6. The van der Waals surface area contributed by atoms with Crippen molar-refractivity contribution in [3.05, 3.63) is 90.1 Å². The molecule has 0 atom stereocenters. The van der Waals surface area contributed by atoms with Gasteiger partial charge < -0.3 is 14.2 Å². The Morgan fingerprint density at radius 3 is 1.93 bits per heavy atom. The molecule has 1 aromatic heterocycles. The van der Waals surface area contributed by atoms with Crippen LogP contribution in [0.15, 0.2) is 79.0 Å². The molecule has 3 rings (SSSR count). The smallest absolute Gasteiger partial charge is 0.343 e. The number of nitrogens with zero attached hydrogens (tertiary/aromatic N) is 1. The van der Waals surface area contributed by atoms with Crippen molar-refractivity contribution in [1.29, 1.82) is 0 Å². The van der Waals surface area contributed by atoms with Crippen molar-refractivity contribution < 1.29 is 23.8 Å². The van der Waals surface area contributed by atoms with Crippen molar-refractivity contribution in [2.24, 2.45) is 0 Å². The molecule has 1 heterocycles. The zero-order valence-electron chi connectivity index (χ0n) is 26.7. The van der Waals surface area contributed by atoms with Crippen LogP contribution in [0.4, 0.5) is 0 Å². The van der Waals surface area contributed by atoms with Crippen molar-refractivity contribution in [3.8, 4) is 22.8 Å². The number of carbonyl (C=O) groups excluding carboxylic acids is 2. The summed E-state index contributed by atoms with van der Waals surface area (Å²) in [5, 5.41) is 0. The molecule has 0 fully saturated rings. The van der Waals surface area contributed by atoms with Crippen LogP contribution in [0.2, 0.25) is 0 Å². The number of rotatable bonds is 21. The van der Waals surface area contributed by atoms with E-state index in [2.05, 4.69) is 30.6 Å². The highest BCUT2D eigenvalue weighted by molar-refractivity contribution is 5.91. The normalized spacial score (nSPS) is 10.8. The molecule has 0 bridgehead atoms. The number of benzene rings is 2. The van der Waals surface area contributed by atoms with Crippen molar-refractivity contribution in [2.45, 2.75) is 97.3 Å². The van der Waals surface area contributed by atoms with Crippen LogP contribution in [0.25, 0.3) is 11.3 Å². The molecule has 0 unspecified atom stereocenters. The maximum atomic E-state index is 12.7. The summed E-state index contributed by atoms with van der Waals surface area (Å²) in [5.41, 5.74) is 4.09. The molecule has 0 aliphatic carbocycles. The minimum atomic E-state index is -0.400. The SMILES string of the molecule is C=C(C)C(=O)OCCCCCCCCCCOc1ccc(C(=O)Oc2ccc(-c3ccc(CCCCCC)cn3)cc2)cc1. The minimum absolute atomic E-state index is 0.300. The van der Waals surface area contributed by atoms with Crippen LogP contribution in [0.3, 0.4) is 0 Å². The van der Waals surface area contributed by atoms with Crippen LogP contribution < -0.4 is 9.47 Å². The maximum absolute atomic E-state index is 12.7. The zero-order chi connectivity index (χ0) is 31.4. The summed E-state index contributed by atoms with van der Waals surface area (Å²) in [6.07, 6.45) is 16.9. The summed E-state index contributed by atoms with van der Waals surface area (Å²) in [7, 11) is 0. The molecule has 0 aliphatic rings. The van der Waals surface area contributed by atoms with E-state index in [9.17, 15) is 9.59 Å². The van der Waals surface area contributed by atoms with Crippen LogP contribution in [0.5, 0.6) is 11.5 Å². The highest BCUT2D eigenvalue weighted by atomic mass is 16.5. The van der Waals surface area contributed by atoms with Crippen molar-refractivity contribution in [1.82, 2.24) is 4.98 Å². The van der Waals surface area contributed by atoms with Gasteiger partial charge in [-0.1, -0.05) is 77.4 Å². The average Bonchev–Trinajstić information content (AvgIpc) is 3.04. The van der Waals surface area contributed by atoms with Gasteiger partial charge in [-0.25, -0.2) is 9.59 Å². The molecular weight excluding hydrogens is 550 g/mol. The van der Waals surface area contributed by atoms with Crippen LogP contribution in [0.1, 0.15) is 107 Å². The first-order valence-corrected chi connectivity index (χ1v) is 16.3. The molecular formula is C38H49NO5. The van der Waals surface area contributed by atoms with Crippen molar-refractivity contribution >= 4 is 11.9 Å². The molecule has 0 N–H and O–H groups in total. The molecule has 44 heavy (non-hydrogen) atoms. The molecule has 6 heteroatoms. The third-order valence-corrected chi connectivity index (χ3v) is 7.48. The number of esters is 2. The Hall–Kier alpha value is -3.93. The molecule has 236 valence electrons. The topological polar surface area (TPSA) is 74.7 Å². The van der Waals surface area contributed by atoms with Crippen LogP contribution in [0, 0.1) is 0 Å². The van der Waals surface area contributed by atoms with Gasteiger partial charge >= 0.3 is 11.9 Å². The highest BCUT2D eigenvalue weighted by Gasteiger charge is 2.10. The van der Waals surface area contributed by atoms with Crippen LogP contribution in [-0.2, 0) is 16.0 Å². The van der Waals surface area contributed by atoms with Gasteiger partial charge in [0.1, 0.15) is 11.5 Å². The standard InChI is InChI=1S/C38H49NO5/c1-4-5-6-13-16-31-17-26-36(39-29-31)32-18-24-35(25-19-32)44-38(41)33-20-22-34(23-21-33)42-27-14-11-9-7-8-10-12-15-28-43-37(40)30(2)3/h17-26,29H,2,4-16,27-28H2,1,3H3. The summed E-state index contributed by atoms with van der Waals surface area (Å²) in [6.45, 7) is 8.60. The van der Waals surface area contributed by atoms with Gasteiger partial charge in [-0.15, -0.1) is 0 Å². The highest BCUT2D eigenvalue weighted by Crippen LogP contribution is 2.23. The van der Waals surface area contributed by atoms with Gasteiger partial charge in [0.2, 0.25) is 0 Å². The van der Waals surface area contributed by atoms with Crippen LogP contribution >= 0.6 is 0 Å². The summed E-state index contributed by atoms with van der Waals surface area (Å²) in [5.74, 6) is 0.544. The number of aromatic nitrogens is 1. The van der Waals surface area contributed by atoms with Crippen molar-refractivity contribution in [3.63, 3.8) is 0 Å². The third kappa shape index (κ3) is 13.2. The van der Waals surface area contributed by atoms with E-state index in [1.165, 1.54) is 50.5 Å². The first kappa shape index (κ1) is 34.6. The lowest BCUT2D eigenvalue weighted by molar-refractivity contribution is -0.139. The Morgan fingerprint density at radius 1 is 0.705 bits per heavy atom. The fourth-order valence-corrected chi connectivity index (χ4v) is 4.79. The van der Waals surface area contributed by atoms with Crippen LogP contribution in [-0.4, -0.2) is 30.1 Å². The second kappa shape index (κ2) is 20.1. The number of carbonyl (C=O) groups is 2. The maximum Gasteiger partial charge on any atom is 0.343 e. The number of ether oxygens (including phenoxy) is 3. The van der Waals surface area contributed by atoms with Gasteiger partial charge in [0.25, 0.3) is 0 Å². The summed E-state index contributed by atoms with van der Waals surface area (Å²) < 4.78 is 16.5. The van der Waals surface area contributed by atoms with E-state index >= 15 is 0 Å². The Labute approximate surface area is 263 Å². The zero-order valence-corrected chi connectivity index (χ0v) is 26.7. The van der Waals surface area contributed by atoms with E-state index in [-0.39, 0.29) is 5.97 Å². The largest absolute Gasteiger partial charge is 0.494 e. The molecule has 3 aromatic rings. The third-order valence-electron chi connectivity index (χ3n) is 7.48. The van der Waals surface area contributed by atoms with E-state index < -0.39 is 5.97 Å². The monoisotopic (exact) mass is 599 g/mol. The minimum Gasteiger partial charge on any atom is -0.494 e. The number of pyridine rings is 1. The fourth-order valence-electron chi connectivity index (χ4n) is 4.79. The molecule has 0 spiro atoms. The number of unbranched alkanes of at least 4 members (excludes halogenated alkanes) is 10. The molecule has 2 aromatic carbocycles. The second-order valence-corrected chi connectivity index (χ2v) is 11.4. The van der Waals surface area contributed by atoms with Gasteiger partial charge in [-0.3, -0.25) is 4.98 Å². The molecule has 0 amide bonds. The Balaban J connectivity index is 1.28. The average molecular weight is 600 g/mol. The van der Waals surface area contributed by atoms with E-state index in [1.54, 1.807) is 31.2 Å².